The maximum atomic E-state index is 13.2. The van der Waals surface area contributed by atoms with Crippen molar-refractivity contribution in [1.29, 1.82) is 0 Å². The standard InChI is InChI=1S/C18H19FN4O3/c1-21-9-7-20-16(21)17(25)22-8-6-18(11-22)12-23(15(24)10-26-18)14-4-2-13(19)3-5-14/h2-5,7,9H,6,8,10-12H2,1H3. The Kier molecular flexibility index (Phi) is 3.99. The number of halogens is 1. The molecular formula is C18H19FN4O3. The SMILES string of the molecule is Cn1ccnc1C(=O)N1CCC2(C1)CN(c1ccc(F)cc1)C(=O)CO2. The van der Waals surface area contributed by atoms with Gasteiger partial charge in [0.1, 0.15) is 18.0 Å². The molecule has 26 heavy (non-hydrogen) atoms. The van der Waals surface area contributed by atoms with Gasteiger partial charge in [-0.1, -0.05) is 0 Å². The molecule has 2 aromatic rings. The third-order valence-electron chi connectivity index (χ3n) is 5.00. The summed E-state index contributed by atoms with van der Waals surface area (Å²) in [5, 5.41) is 0. The highest BCUT2D eigenvalue weighted by Crippen LogP contribution is 2.32. The largest absolute Gasteiger partial charge is 0.361 e. The Morgan fingerprint density at radius 1 is 1.27 bits per heavy atom. The molecule has 1 unspecified atom stereocenters. The number of hydrogen-bond donors (Lipinski definition) is 0. The Labute approximate surface area is 150 Å². The topological polar surface area (TPSA) is 67.7 Å². The van der Waals surface area contributed by atoms with Crippen LogP contribution in [0.3, 0.4) is 0 Å². The molecule has 0 N–H and O–H groups in total. The molecule has 0 bridgehead atoms. The van der Waals surface area contributed by atoms with Gasteiger partial charge in [0.05, 0.1) is 13.1 Å². The van der Waals surface area contributed by atoms with Crippen LogP contribution < -0.4 is 4.90 Å². The van der Waals surface area contributed by atoms with E-state index in [-0.39, 0.29) is 24.2 Å². The summed E-state index contributed by atoms with van der Waals surface area (Å²) < 4.78 is 20.7. The van der Waals surface area contributed by atoms with E-state index in [2.05, 4.69) is 4.98 Å². The van der Waals surface area contributed by atoms with Gasteiger partial charge >= 0.3 is 0 Å². The number of aryl methyl sites for hydroxylation is 1. The molecule has 0 aliphatic carbocycles. The molecule has 2 aliphatic rings. The van der Waals surface area contributed by atoms with Crippen LogP contribution in [0.15, 0.2) is 36.7 Å². The van der Waals surface area contributed by atoms with Crippen molar-refractivity contribution in [2.75, 3.05) is 31.1 Å². The Bertz CT molecular complexity index is 850. The van der Waals surface area contributed by atoms with Gasteiger partial charge in [-0.3, -0.25) is 9.59 Å². The van der Waals surface area contributed by atoms with Crippen molar-refractivity contribution in [2.45, 2.75) is 12.0 Å². The number of likely N-dealkylation sites (tertiary alicyclic amines) is 1. The van der Waals surface area contributed by atoms with E-state index >= 15 is 0 Å². The Morgan fingerprint density at radius 2 is 2.04 bits per heavy atom. The maximum Gasteiger partial charge on any atom is 0.289 e. The van der Waals surface area contributed by atoms with Gasteiger partial charge in [0.25, 0.3) is 11.8 Å². The monoisotopic (exact) mass is 358 g/mol. The van der Waals surface area contributed by atoms with Crippen molar-refractivity contribution >= 4 is 17.5 Å². The van der Waals surface area contributed by atoms with Crippen molar-refractivity contribution in [1.82, 2.24) is 14.5 Å². The van der Waals surface area contributed by atoms with Crippen LogP contribution in [0.5, 0.6) is 0 Å². The number of rotatable bonds is 2. The van der Waals surface area contributed by atoms with Gasteiger partial charge in [-0.15, -0.1) is 0 Å². The van der Waals surface area contributed by atoms with Gasteiger partial charge in [0.15, 0.2) is 5.82 Å². The fraction of sp³-hybridized carbons (Fsp3) is 0.389. The average Bonchev–Trinajstić information content (AvgIpc) is 3.24. The highest BCUT2D eigenvalue weighted by Gasteiger charge is 2.47. The Morgan fingerprint density at radius 3 is 2.73 bits per heavy atom. The Hall–Kier alpha value is -2.74. The van der Waals surface area contributed by atoms with Gasteiger partial charge in [-0.25, -0.2) is 9.37 Å². The summed E-state index contributed by atoms with van der Waals surface area (Å²) in [5.74, 6) is -0.291. The average molecular weight is 358 g/mol. The number of morpholine rings is 1. The molecule has 7 nitrogen and oxygen atoms in total. The number of amides is 2. The molecule has 2 aliphatic heterocycles. The third-order valence-corrected chi connectivity index (χ3v) is 5.00. The van der Waals surface area contributed by atoms with E-state index in [0.717, 1.165) is 0 Å². The fourth-order valence-electron chi connectivity index (χ4n) is 3.55. The first-order chi connectivity index (χ1) is 12.5. The third kappa shape index (κ3) is 2.86. The zero-order valence-electron chi connectivity index (χ0n) is 14.4. The quantitative estimate of drug-likeness (QED) is 0.809. The summed E-state index contributed by atoms with van der Waals surface area (Å²) in [5.41, 5.74) is 0.0243. The predicted octanol–water partition coefficient (Wildman–Crippen LogP) is 1.21. The lowest BCUT2D eigenvalue weighted by atomic mass is 10.00. The van der Waals surface area contributed by atoms with E-state index in [4.69, 9.17) is 4.74 Å². The van der Waals surface area contributed by atoms with Crippen molar-refractivity contribution < 1.29 is 18.7 Å². The molecule has 2 amide bonds. The molecule has 2 saturated heterocycles. The van der Waals surface area contributed by atoms with Gasteiger partial charge in [-0.2, -0.15) is 0 Å². The highest BCUT2D eigenvalue weighted by molar-refractivity contribution is 5.95. The van der Waals surface area contributed by atoms with Gasteiger partial charge in [-0.05, 0) is 30.7 Å². The molecule has 136 valence electrons. The molecule has 3 heterocycles. The first-order valence-corrected chi connectivity index (χ1v) is 8.44. The van der Waals surface area contributed by atoms with Crippen LogP contribution in [0, 0.1) is 5.82 Å². The minimum atomic E-state index is -0.608. The van der Waals surface area contributed by atoms with Crippen molar-refractivity contribution in [3.8, 4) is 0 Å². The number of ether oxygens (including phenoxy) is 1. The summed E-state index contributed by atoms with van der Waals surface area (Å²) in [6.07, 6.45) is 3.95. The second kappa shape index (κ2) is 6.21. The molecule has 2 fully saturated rings. The normalized spacial score (nSPS) is 23.1. The van der Waals surface area contributed by atoms with Crippen LogP contribution >= 0.6 is 0 Å². The van der Waals surface area contributed by atoms with E-state index < -0.39 is 5.60 Å². The molecule has 1 atom stereocenters. The van der Waals surface area contributed by atoms with Gasteiger partial charge in [0, 0.05) is 31.7 Å². The number of hydrogen-bond acceptors (Lipinski definition) is 4. The number of imidazole rings is 1. The van der Waals surface area contributed by atoms with E-state index in [9.17, 15) is 14.0 Å². The zero-order valence-corrected chi connectivity index (χ0v) is 14.4. The molecule has 1 spiro atoms. The molecular weight excluding hydrogens is 339 g/mol. The Balaban J connectivity index is 1.52. The molecule has 4 rings (SSSR count). The number of carbonyl (C=O) groups excluding carboxylic acids is 2. The molecule has 1 aromatic carbocycles. The summed E-state index contributed by atoms with van der Waals surface area (Å²) in [6, 6.07) is 5.82. The second-order valence-corrected chi connectivity index (χ2v) is 6.77. The fourth-order valence-corrected chi connectivity index (χ4v) is 3.55. The van der Waals surface area contributed by atoms with E-state index in [1.54, 1.807) is 45.9 Å². The molecule has 8 heteroatoms. The first kappa shape index (κ1) is 16.7. The summed E-state index contributed by atoms with van der Waals surface area (Å²) in [7, 11) is 1.78. The molecule has 1 aromatic heterocycles. The number of carbonyl (C=O) groups is 2. The molecule has 0 radical (unpaired) electrons. The van der Waals surface area contributed by atoms with Crippen LogP contribution in [0.2, 0.25) is 0 Å². The maximum absolute atomic E-state index is 13.2. The number of benzene rings is 1. The first-order valence-electron chi connectivity index (χ1n) is 8.44. The van der Waals surface area contributed by atoms with E-state index in [1.807, 2.05) is 0 Å². The number of anilines is 1. The van der Waals surface area contributed by atoms with E-state index in [0.29, 0.717) is 37.6 Å². The summed E-state index contributed by atoms with van der Waals surface area (Å²) in [4.78, 5) is 32.4. The summed E-state index contributed by atoms with van der Waals surface area (Å²) in [6.45, 7) is 1.21. The second-order valence-electron chi connectivity index (χ2n) is 6.77. The highest BCUT2D eigenvalue weighted by atomic mass is 19.1. The van der Waals surface area contributed by atoms with Crippen LogP contribution in [0.4, 0.5) is 10.1 Å². The smallest absolute Gasteiger partial charge is 0.289 e. The predicted molar refractivity (Wildman–Crippen MR) is 91.2 cm³/mol. The zero-order chi connectivity index (χ0) is 18.3. The van der Waals surface area contributed by atoms with Crippen LogP contribution in [-0.2, 0) is 16.6 Å². The lowest BCUT2D eigenvalue weighted by Crippen LogP contribution is -2.56. The summed E-state index contributed by atoms with van der Waals surface area (Å²) >= 11 is 0. The number of nitrogens with zero attached hydrogens (tertiary/aromatic N) is 4. The number of aromatic nitrogens is 2. The van der Waals surface area contributed by atoms with Crippen molar-refractivity contribution in [2.24, 2.45) is 7.05 Å². The van der Waals surface area contributed by atoms with Crippen LogP contribution in [-0.4, -0.2) is 58.1 Å². The lowest BCUT2D eigenvalue weighted by Gasteiger charge is -2.40. The minimum Gasteiger partial charge on any atom is -0.361 e. The van der Waals surface area contributed by atoms with Gasteiger partial charge < -0.3 is 19.1 Å². The van der Waals surface area contributed by atoms with Crippen LogP contribution in [0.1, 0.15) is 17.0 Å². The van der Waals surface area contributed by atoms with Crippen molar-refractivity contribution in [3.63, 3.8) is 0 Å². The molecule has 0 saturated carbocycles. The van der Waals surface area contributed by atoms with Crippen molar-refractivity contribution in [3.05, 3.63) is 48.3 Å². The van der Waals surface area contributed by atoms with Gasteiger partial charge in [0.2, 0.25) is 0 Å². The van der Waals surface area contributed by atoms with Crippen LogP contribution in [0.25, 0.3) is 0 Å². The lowest BCUT2D eigenvalue weighted by molar-refractivity contribution is -0.137. The van der Waals surface area contributed by atoms with E-state index in [1.165, 1.54) is 12.1 Å². The minimum absolute atomic E-state index is 0.0538.